The van der Waals surface area contributed by atoms with E-state index in [1.54, 1.807) is 18.2 Å². The lowest BCUT2D eigenvalue weighted by molar-refractivity contribution is -0.114. The van der Waals surface area contributed by atoms with Crippen molar-refractivity contribution in [2.45, 2.75) is 26.3 Å². The number of halogens is 1. The van der Waals surface area contributed by atoms with Crippen molar-refractivity contribution < 1.29 is 22.4 Å². The molecule has 0 bridgehead atoms. The minimum Gasteiger partial charge on any atom is -0.324 e. The Labute approximate surface area is 162 Å². The molecule has 1 aliphatic heterocycles. The van der Waals surface area contributed by atoms with Crippen molar-refractivity contribution >= 4 is 38.9 Å². The number of carbonyl (C=O) groups is 2. The van der Waals surface area contributed by atoms with Crippen LogP contribution in [0.3, 0.4) is 0 Å². The summed E-state index contributed by atoms with van der Waals surface area (Å²) < 4.78 is 39.1. The van der Waals surface area contributed by atoms with E-state index in [0.717, 1.165) is 17.9 Å². The molecule has 7 nitrogen and oxygen atoms in total. The van der Waals surface area contributed by atoms with Crippen LogP contribution in [0, 0.1) is 5.82 Å². The van der Waals surface area contributed by atoms with Crippen molar-refractivity contribution in [2.24, 2.45) is 0 Å². The SMILES string of the molecule is CC(=O)Nc1cc(NC(=O)c2ccc3c(c2)CC(C)N3S(C)(=O)=O)ccc1F. The third-order valence-corrected chi connectivity index (χ3v) is 5.66. The number of fused-ring (bicyclic) bond motifs is 1. The van der Waals surface area contributed by atoms with Crippen LogP contribution in [0.25, 0.3) is 0 Å². The van der Waals surface area contributed by atoms with Gasteiger partial charge in [0.15, 0.2) is 0 Å². The second-order valence-electron chi connectivity index (χ2n) is 6.79. The number of anilines is 3. The van der Waals surface area contributed by atoms with E-state index in [9.17, 15) is 22.4 Å². The minimum absolute atomic E-state index is 0.0307. The van der Waals surface area contributed by atoms with Crippen molar-refractivity contribution in [3.8, 4) is 0 Å². The van der Waals surface area contributed by atoms with Crippen LogP contribution >= 0.6 is 0 Å². The Morgan fingerprint density at radius 2 is 1.86 bits per heavy atom. The molecule has 1 atom stereocenters. The minimum atomic E-state index is -3.40. The van der Waals surface area contributed by atoms with E-state index in [1.165, 1.54) is 23.4 Å². The number of rotatable bonds is 4. The Kier molecular flexibility index (Phi) is 5.12. The molecule has 2 N–H and O–H groups in total. The van der Waals surface area contributed by atoms with Crippen molar-refractivity contribution in [1.82, 2.24) is 0 Å². The maximum absolute atomic E-state index is 13.7. The topological polar surface area (TPSA) is 95.6 Å². The molecular weight excluding hydrogens is 385 g/mol. The van der Waals surface area contributed by atoms with Gasteiger partial charge in [-0.05, 0) is 55.3 Å². The van der Waals surface area contributed by atoms with Gasteiger partial charge in [0, 0.05) is 24.2 Å². The maximum atomic E-state index is 13.7. The van der Waals surface area contributed by atoms with E-state index in [-0.39, 0.29) is 11.7 Å². The van der Waals surface area contributed by atoms with Gasteiger partial charge in [0.05, 0.1) is 17.6 Å². The summed E-state index contributed by atoms with van der Waals surface area (Å²) in [5.74, 6) is -1.46. The van der Waals surface area contributed by atoms with Gasteiger partial charge in [-0.25, -0.2) is 12.8 Å². The molecule has 1 unspecified atom stereocenters. The third kappa shape index (κ3) is 3.99. The molecule has 0 saturated carbocycles. The van der Waals surface area contributed by atoms with Crippen LogP contribution in [-0.2, 0) is 21.2 Å². The largest absolute Gasteiger partial charge is 0.324 e. The zero-order valence-corrected chi connectivity index (χ0v) is 16.4. The molecule has 1 heterocycles. The highest BCUT2D eigenvalue weighted by atomic mass is 32.2. The number of nitrogens with one attached hydrogen (secondary N) is 2. The smallest absolute Gasteiger partial charge is 0.255 e. The normalized spacial score (nSPS) is 15.9. The number of sulfonamides is 1. The quantitative estimate of drug-likeness (QED) is 0.818. The van der Waals surface area contributed by atoms with Crippen LogP contribution < -0.4 is 14.9 Å². The molecule has 0 fully saturated rings. The van der Waals surface area contributed by atoms with Gasteiger partial charge in [0.1, 0.15) is 5.82 Å². The van der Waals surface area contributed by atoms with E-state index in [2.05, 4.69) is 10.6 Å². The first-order valence-corrected chi connectivity index (χ1v) is 10.4. The van der Waals surface area contributed by atoms with Crippen LogP contribution in [0.5, 0.6) is 0 Å². The first-order chi connectivity index (χ1) is 13.1. The number of amides is 2. The number of nitrogens with zero attached hydrogens (tertiary/aromatic N) is 1. The molecule has 0 spiro atoms. The summed E-state index contributed by atoms with van der Waals surface area (Å²) in [5.41, 5.74) is 1.98. The third-order valence-electron chi connectivity index (χ3n) is 4.39. The summed E-state index contributed by atoms with van der Waals surface area (Å²) in [6.45, 7) is 3.07. The molecule has 2 amide bonds. The summed E-state index contributed by atoms with van der Waals surface area (Å²) in [5, 5.41) is 5.01. The average molecular weight is 405 g/mol. The summed E-state index contributed by atoms with van der Waals surface area (Å²) in [6, 6.07) is 8.46. The van der Waals surface area contributed by atoms with Crippen LogP contribution in [0.15, 0.2) is 36.4 Å². The van der Waals surface area contributed by atoms with Gasteiger partial charge in [0.25, 0.3) is 5.91 Å². The summed E-state index contributed by atoms with van der Waals surface area (Å²) in [4.78, 5) is 23.7. The van der Waals surface area contributed by atoms with Crippen molar-refractivity contribution in [1.29, 1.82) is 0 Å². The van der Waals surface area contributed by atoms with E-state index >= 15 is 0 Å². The molecule has 0 radical (unpaired) electrons. The predicted octanol–water partition coefficient (Wildman–Crippen LogP) is 2.75. The molecule has 9 heteroatoms. The highest BCUT2D eigenvalue weighted by Gasteiger charge is 2.32. The average Bonchev–Trinajstić information content (AvgIpc) is 2.92. The molecular formula is C19H20FN3O4S. The van der Waals surface area contributed by atoms with Gasteiger partial charge < -0.3 is 10.6 Å². The fraction of sp³-hybridized carbons (Fsp3) is 0.263. The molecule has 0 aliphatic carbocycles. The number of carbonyl (C=O) groups excluding carboxylic acids is 2. The Balaban J connectivity index is 1.84. The molecule has 148 valence electrons. The lowest BCUT2D eigenvalue weighted by Crippen LogP contribution is -2.34. The predicted molar refractivity (Wildman–Crippen MR) is 106 cm³/mol. The van der Waals surface area contributed by atoms with Crippen LogP contribution in [0.2, 0.25) is 0 Å². The number of hydrogen-bond donors (Lipinski definition) is 2. The highest BCUT2D eigenvalue weighted by molar-refractivity contribution is 7.92. The van der Waals surface area contributed by atoms with Gasteiger partial charge >= 0.3 is 0 Å². The Morgan fingerprint density at radius 1 is 1.14 bits per heavy atom. The van der Waals surface area contributed by atoms with Crippen molar-refractivity contribution in [3.05, 3.63) is 53.3 Å². The number of hydrogen-bond acceptors (Lipinski definition) is 4. The molecule has 0 aromatic heterocycles. The molecule has 3 rings (SSSR count). The van der Waals surface area contributed by atoms with E-state index in [0.29, 0.717) is 23.4 Å². The Morgan fingerprint density at radius 3 is 2.50 bits per heavy atom. The second-order valence-corrected chi connectivity index (χ2v) is 8.64. The molecule has 2 aromatic rings. The highest BCUT2D eigenvalue weighted by Crippen LogP contribution is 2.34. The van der Waals surface area contributed by atoms with Crippen LogP contribution in [0.1, 0.15) is 29.8 Å². The van der Waals surface area contributed by atoms with E-state index in [4.69, 9.17) is 0 Å². The van der Waals surface area contributed by atoms with Crippen molar-refractivity contribution in [2.75, 3.05) is 21.2 Å². The summed E-state index contributed by atoms with van der Waals surface area (Å²) >= 11 is 0. The van der Waals surface area contributed by atoms with E-state index < -0.39 is 27.7 Å². The van der Waals surface area contributed by atoms with Crippen LogP contribution in [-0.4, -0.2) is 32.5 Å². The van der Waals surface area contributed by atoms with Gasteiger partial charge in [-0.1, -0.05) is 0 Å². The molecule has 1 aliphatic rings. The Hall–Kier alpha value is -2.94. The summed E-state index contributed by atoms with van der Waals surface area (Å²) in [7, 11) is -3.40. The molecule has 0 saturated heterocycles. The van der Waals surface area contributed by atoms with Crippen LogP contribution in [0.4, 0.5) is 21.5 Å². The monoisotopic (exact) mass is 405 g/mol. The van der Waals surface area contributed by atoms with Gasteiger partial charge in [-0.3, -0.25) is 13.9 Å². The van der Waals surface area contributed by atoms with Gasteiger partial charge in [0.2, 0.25) is 15.9 Å². The Bertz CT molecular complexity index is 1070. The maximum Gasteiger partial charge on any atom is 0.255 e. The lowest BCUT2D eigenvalue weighted by atomic mass is 10.1. The summed E-state index contributed by atoms with van der Waals surface area (Å²) in [6.07, 6.45) is 1.66. The molecule has 2 aromatic carbocycles. The van der Waals surface area contributed by atoms with Crippen molar-refractivity contribution in [3.63, 3.8) is 0 Å². The first-order valence-electron chi connectivity index (χ1n) is 8.57. The number of benzene rings is 2. The second kappa shape index (κ2) is 7.23. The zero-order valence-electron chi connectivity index (χ0n) is 15.6. The molecule has 28 heavy (non-hydrogen) atoms. The first kappa shape index (κ1) is 19.8. The fourth-order valence-electron chi connectivity index (χ4n) is 3.34. The zero-order chi connectivity index (χ0) is 20.6. The van der Waals surface area contributed by atoms with E-state index in [1.807, 2.05) is 6.92 Å². The fourth-order valence-corrected chi connectivity index (χ4v) is 4.60. The standard InChI is InChI=1S/C19H20FN3O4S/c1-11-8-14-9-13(4-7-18(14)23(11)28(3,26)27)19(25)22-15-5-6-16(20)17(10-15)21-12(2)24/h4-7,9-11H,8H2,1-3H3,(H,21,24)(H,22,25). The van der Waals surface area contributed by atoms with Gasteiger partial charge in [-0.15, -0.1) is 0 Å². The van der Waals surface area contributed by atoms with Gasteiger partial charge in [-0.2, -0.15) is 0 Å². The lowest BCUT2D eigenvalue weighted by Gasteiger charge is -2.21.